The summed E-state index contributed by atoms with van der Waals surface area (Å²) in [6.07, 6.45) is 6.46. The number of hydrogen-bond acceptors (Lipinski definition) is 2. The van der Waals surface area contributed by atoms with Gasteiger partial charge in [-0.25, -0.2) is 0 Å². The molecule has 0 aliphatic heterocycles. The van der Waals surface area contributed by atoms with Crippen LogP contribution in [-0.2, 0) is 0 Å². The number of amides is 1. The molecule has 1 aliphatic rings. The molecule has 142 valence electrons. The molecule has 0 atom stereocenters. The molecule has 0 saturated heterocycles. The van der Waals surface area contributed by atoms with Crippen LogP contribution in [0.3, 0.4) is 0 Å². The maximum absolute atomic E-state index is 12.7. The van der Waals surface area contributed by atoms with Crippen molar-refractivity contribution in [2.45, 2.75) is 91.8 Å². The largest absolute Gasteiger partial charge is 0.351 e. The van der Waals surface area contributed by atoms with Gasteiger partial charge >= 0.3 is 0 Å². The smallest absolute Gasteiger partial charge is 0.253 e. The molecule has 1 N–H and O–H groups in total. The maximum Gasteiger partial charge on any atom is 0.253 e. The van der Waals surface area contributed by atoms with Crippen molar-refractivity contribution >= 4 is 5.91 Å². The highest BCUT2D eigenvalue weighted by molar-refractivity contribution is 5.95. The zero-order valence-corrected chi connectivity index (χ0v) is 17.1. The van der Waals surface area contributed by atoms with Crippen LogP contribution in [0.2, 0.25) is 0 Å². The van der Waals surface area contributed by atoms with E-state index in [2.05, 4.69) is 62.4 Å². The Bertz CT molecular complexity index is 560. The van der Waals surface area contributed by atoms with Crippen LogP contribution in [-0.4, -0.2) is 40.5 Å². The van der Waals surface area contributed by atoms with E-state index < -0.39 is 0 Å². The van der Waals surface area contributed by atoms with Gasteiger partial charge in [-0.3, -0.25) is 9.69 Å². The molecule has 4 nitrogen and oxygen atoms in total. The predicted octanol–water partition coefficient (Wildman–Crippen LogP) is 4.46. The standard InChI is InChI=1S/C21H37N3O/c1-15(2)23(16(3)4)13-12-22-21(25)20-14-17(5)24(18(20)6)19-10-8-7-9-11-19/h14-16,19H,7-13H2,1-6H3,(H,22,25). The maximum atomic E-state index is 12.7. The van der Waals surface area contributed by atoms with Gasteiger partial charge in [0.25, 0.3) is 5.91 Å². The van der Waals surface area contributed by atoms with Gasteiger partial charge in [0.15, 0.2) is 0 Å². The highest BCUT2D eigenvalue weighted by Crippen LogP contribution is 2.32. The van der Waals surface area contributed by atoms with Gasteiger partial charge in [0.2, 0.25) is 0 Å². The fourth-order valence-electron chi connectivity index (χ4n) is 4.41. The second-order valence-electron chi connectivity index (χ2n) is 8.13. The molecule has 1 fully saturated rings. The van der Waals surface area contributed by atoms with E-state index in [-0.39, 0.29) is 5.91 Å². The van der Waals surface area contributed by atoms with Crippen molar-refractivity contribution in [3.63, 3.8) is 0 Å². The Hall–Kier alpha value is -1.29. The second-order valence-corrected chi connectivity index (χ2v) is 8.13. The van der Waals surface area contributed by atoms with Crippen molar-refractivity contribution in [3.8, 4) is 0 Å². The van der Waals surface area contributed by atoms with Crippen molar-refractivity contribution in [1.29, 1.82) is 0 Å². The molecule has 25 heavy (non-hydrogen) atoms. The number of hydrogen-bond donors (Lipinski definition) is 1. The molecule has 1 aromatic rings. The van der Waals surface area contributed by atoms with Gasteiger partial charge < -0.3 is 9.88 Å². The minimum absolute atomic E-state index is 0.0719. The molecule has 0 unspecified atom stereocenters. The molecule has 0 bridgehead atoms. The van der Waals surface area contributed by atoms with Crippen molar-refractivity contribution in [2.75, 3.05) is 13.1 Å². The first-order chi connectivity index (χ1) is 11.8. The average molecular weight is 348 g/mol. The molecule has 0 spiro atoms. The van der Waals surface area contributed by atoms with E-state index in [0.717, 1.165) is 17.8 Å². The summed E-state index contributed by atoms with van der Waals surface area (Å²) in [5, 5.41) is 3.13. The van der Waals surface area contributed by atoms with Gasteiger partial charge in [-0.2, -0.15) is 0 Å². The lowest BCUT2D eigenvalue weighted by Crippen LogP contribution is -2.42. The van der Waals surface area contributed by atoms with Crippen LogP contribution in [0.1, 0.15) is 87.6 Å². The third-order valence-electron chi connectivity index (χ3n) is 5.65. The number of nitrogens with zero attached hydrogens (tertiary/aromatic N) is 2. The number of nitrogens with one attached hydrogen (secondary N) is 1. The van der Waals surface area contributed by atoms with Crippen LogP contribution in [0.15, 0.2) is 6.07 Å². The Morgan fingerprint density at radius 2 is 1.76 bits per heavy atom. The summed E-state index contributed by atoms with van der Waals surface area (Å²) in [6.45, 7) is 14.7. The fraction of sp³-hybridized carbons (Fsp3) is 0.762. The Morgan fingerprint density at radius 3 is 2.32 bits per heavy atom. The van der Waals surface area contributed by atoms with Gasteiger partial charge in [0.05, 0.1) is 5.56 Å². The number of rotatable bonds is 7. The average Bonchev–Trinajstić information content (AvgIpc) is 2.86. The molecule has 1 heterocycles. The van der Waals surface area contributed by atoms with Crippen molar-refractivity contribution in [1.82, 2.24) is 14.8 Å². The fourth-order valence-corrected chi connectivity index (χ4v) is 4.41. The molecule has 1 amide bonds. The summed E-state index contributed by atoms with van der Waals surface area (Å²) in [5.74, 6) is 0.0719. The number of aryl methyl sites for hydroxylation is 1. The van der Waals surface area contributed by atoms with Crippen LogP contribution < -0.4 is 5.32 Å². The lowest BCUT2D eigenvalue weighted by molar-refractivity contribution is 0.0938. The quantitative estimate of drug-likeness (QED) is 0.791. The molecule has 4 heteroatoms. The third-order valence-corrected chi connectivity index (χ3v) is 5.65. The third kappa shape index (κ3) is 4.87. The summed E-state index contributed by atoms with van der Waals surface area (Å²) in [6, 6.07) is 3.64. The highest BCUT2D eigenvalue weighted by atomic mass is 16.1. The lowest BCUT2D eigenvalue weighted by atomic mass is 9.95. The van der Waals surface area contributed by atoms with Crippen LogP contribution in [0, 0.1) is 13.8 Å². The van der Waals surface area contributed by atoms with Crippen molar-refractivity contribution in [2.24, 2.45) is 0 Å². The van der Waals surface area contributed by atoms with E-state index in [1.165, 1.54) is 37.8 Å². The van der Waals surface area contributed by atoms with Gasteiger partial charge in [-0.15, -0.1) is 0 Å². The minimum atomic E-state index is 0.0719. The summed E-state index contributed by atoms with van der Waals surface area (Å²) in [4.78, 5) is 15.1. The first kappa shape index (κ1) is 20.0. The van der Waals surface area contributed by atoms with Crippen molar-refractivity contribution in [3.05, 3.63) is 23.0 Å². The number of aromatic nitrogens is 1. The van der Waals surface area contributed by atoms with Crippen LogP contribution in [0.5, 0.6) is 0 Å². The van der Waals surface area contributed by atoms with Crippen LogP contribution in [0.25, 0.3) is 0 Å². The molecule has 0 aromatic carbocycles. The van der Waals surface area contributed by atoms with Crippen LogP contribution in [0.4, 0.5) is 0 Å². The zero-order valence-electron chi connectivity index (χ0n) is 17.1. The van der Waals surface area contributed by atoms with E-state index in [1.54, 1.807) is 0 Å². The Balaban J connectivity index is 2.00. The van der Waals surface area contributed by atoms with E-state index in [9.17, 15) is 4.79 Å². The van der Waals surface area contributed by atoms with Crippen molar-refractivity contribution < 1.29 is 4.79 Å². The first-order valence-electron chi connectivity index (χ1n) is 10.0. The second kappa shape index (κ2) is 8.88. The van der Waals surface area contributed by atoms with Gasteiger partial charge in [-0.05, 0) is 60.5 Å². The van der Waals surface area contributed by atoms with E-state index in [0.29, 0.717) is 24.7 Å². The molecule has 1 aliphatic carbocycles. The first-order valence-corrected chi connectivity index (χ1v) is 10.0. The van der Waals surface area contributed by atoms with E-state index in [4.69, 9.17) is 0 Å². The summed E-state index contributed by atoms with van der Waals surface area (Å²) in [5.41, 5.74) is 3.20. The summed E-state index contributed by atoms with van der Waals surface area (Å²) in [7, 11) is 0. The number of carbonyl (C=O) groups is 1. The topological polar surface area (TPSA) is 37.3 Å². The monoisotopic (exact) mass is 347 g/mol. The molecule has 1 saturated carbocycles. The Morgan fingerprint density at radius 1 is 1.16 bits per heavy atom. The van der Waals surface area contributed by atoms with E-state index >= 15 is 0 Å². The van der Waals surface area contributed by atoms with Gasteiger partial charge in [0, 0.05) is 42.6 Å². The Kier molecular flexibility index (Phi) is 7.12. The summed E-state index contributed by atoms with van der Waals surface area (Å²) >= 11 is 0. The lowest BCUT2D eigenvalue weighted by Gasteiger charge is -2.30. The predicted molar refractivity (Wildman–Crippen MR) is 105 cm³/mol. The van der Waals surface area contributed by atoms with Gasteiger partial charge in [0.1, 0.15) is 0 Å². The highest BCUT2D eigenvalue weighted by Gasteiger charge is 2.22. The number of carbonyl (C=O) groups excluding carboxylic acids is 1. The van der Waals surface area contributed by atoms with E-state index in [1.807, 2.05) is 0 Å². The molecule has 1 aromatic heterocycles. The molecular formula is C21H37N3O. The van der Waals surface area contributed by atoms with Gasteiger partial charge in [-0.1, -0.05) is 19.3 Å². The SMILES string of the molecule is Cc1cc(C(=O)NCCN(C(C)C)C(C)C)c(C)n1C1CCCCC1. The van der Waals surface area contributed by atoms with Crippen LogP contribution >= 0.6 is 0 Å². The summed E-state index contributed by atoms with van der Waals surface area (Å²) < 4.78 is 2.41. The zero-order chi connectivity index (χ0) is 18.6. The minimum Gasteiger partial charge on any atom is -0.351 e. The molecule has 0 radical (unpaired) electrons. The normalized spacial score (nSPS) is 16.2. The molecular weight excluding hydrogens is 310 g/mol. The Labute approximate surface area is 154 Å². The molecule has 2 rings (SSSR count).